The third-order valence-corrected chi connectivity index (χ3v) is 5.83. The first-order chi connectivity index (χ1) is 10.5. The van der Waals surface area contributed by atoms with Crippen molar-refractivity contribution in [3.05, 3.63) is 0 Å². The predicted molar refractivity (Wildman–Crippen MR) is 83.1 cm³/mol. The Labute approximate surface area is 132 Å². The highest BCUT2D eigenvalue weighted by Crippen LogP contribution is 2.32. The van der Waals surface area contributed by atoms with Gasteiger partial charge < -0.3 is 15.3 Å². The minimum atomic E-state index is -0.697. The second-order valence-electron chi connectivity index (χ2n) is 7.66. The van der Waals surface area contributed by atoms with E-state index in [1.54, 1.807) is 0 Å². The lowest BCUT2D eigenvalue weighted by atomic mass is 9.80. The van der Waals surface area contributed by atoms with Gasteiger partial charge in [0.15, 0.2) is 0 Å². The van der Waals surface area contributed by atoms with Gasteiger partial charge in [-0.2, -0.15) is 0 Å². The number of likely N-dealkylation sites (tertiary alicyclic amines) is 1. The van der Waals surface area contributed by atoms with E-state index in [1.807, 2.05) is 4.90 Å². The SMILES string of the molecule is CC1CCC(N2CC(C(=O)NCC3(O)CCC3)CC2=O)CC1. The normalized spacial score (nSPS) is 34.4. The molecule has 0 aromatic heterocycles. The second-order valence-corrected chi connectivity index (χ2v) is 7.66. The maximum atomic E-state index is 12.3. The summed E-state index contributed by atoms with van der Waals surface area (Å²) in [6, 6.07) is 0.331. The minimum absolute atomic E-state index is 0.0691. The van der Waals surface area contributed by atoms with Crippen LogP contribution in [0, 0.1) is 11.8 Å². The molecule has 1 unspecified atom stereocenters. The summed E-state index contributed by atoms with van der Waals surface area (Å²) in [7, 11) is 0. The molecule has 1 atom stereocenters. The van der Waals surface area contributed by atoms with Crippen molar-refractivity contribution >= 4 is 11.8 Å². The van der Waals surface area contributed by atoms with E-state index in [9.17, 15) is 14.7 Å². The van der Waals surface area contributed by atoms with Crippen LogP contribution in [0.15, 0.2) is 0 Å². The van der Waals surface area contributed by atoms with Gasteiger partial charge in [-0.3, -0.25) is 9.59 Å². The number of carbonyl (C=O) groups is 2. The molecular weight excluding hydrogens is 280 g/mol. The van der Waals surface area contributed by atoms with Crippen molar-refractivity contribution in [2.24, 2.45) is 11.8 Å². The number of hydrogen-bond acceptors (Lipinski definition) is 3. The molecule has 1 heterocycles. The Morgan fingerprint density at radius 2 is 2.00 bits per heavy atom. The van der Waals surface area contributed by atoms with E-state index in [-0.39, 0.29) is 17.7 Å². The molecule has 0 aromatic carbocycles. The first-order valence-corrected chi connectivity index (χ1v) is 8.76. The summed E-state index contributed by atoms with van der Waals surface area (Å²) >= 11 is 0. The summed E-state index contributed by atoms with van der Waals surface area (Å²) < 4.78 is 0. The molecule has 3 rings (SSSR count). The highest BCUT2D eigenvalue weighted by atomic mass is 16.3. The predicted octanol–water partition coefficient (Wildman–Crippen LogP) is 1.44. The maximum Gasteiger partial charge on any atom is 0.225 e. The topological polar surface area (TPSA) is 69.6 Å². The monoisotopic (exact) mass is 308 g/mol. The highest BCUT2D eigenvalue weighted by molar-refractivity contribution is 5.89. The Balaban J connectivity index is 1.49. The lowest BCUT2D eigenvalue weighted by molar-refractivity contribution is -0.131. The van der Waals surface area contributed by atoms with Gasteiger partial charge in [0.2, 0.25) is 11.8 Å². The fourth-order valence-corrected chi connectivity index (χ4v) is 3.97. The van der Waals surface area contributed by atoms with Crippen LogP contribution in [0.5, 0.6) is 0 Å². The largest absolute Gasteiger partial charge is 0.388 e. The minimum Gasteiger partial charge on any atom is -0.388 e. The number of amides is 2. The Hall–Kier alpha value is -1.10. The molecule has 0 radical (unpaired) electrons. The van der Waals surface area contributed by atoms with Crippen LogP contribution in [-0.2, 0) is 9.59 Å². The second kappa shape index (κ2) is 6.19. The molecule has 2 saturated carbocycles. The summed E-state index contributed by atoms with van der Waals surface area (Å²) in [6.07, 6.45) is 7.39. The molecule has 1 aliphatic heterocycles. The van der Waals surface area contributed by atoms with Crippen LogP contribution in [0.2, 0.25) is 0 Å². The van der Waals surface area contributed by atoms with Crippen molar-refractivity contribution in [1.29, 1.82) is 0 Å². The van der Waals surface area contributed by atoms with Gasteiger partial charge in [-0.15, -0.1) is 0 Å². The molecule has 124 valence electrons. The zero-order chi connectivity index (χ0) is 15.7. The Morgan fingerprint density at radius 1 is 1.32 bits per heavy atom. The van der Waals surface area contributed by atoms with Crippen LogP contribution in [0.4, 0.5) is 0 Å². The van der Waals surface area contributed by atoms with Crippen LogP contribution in [-0.4, -0.2) is 46.6 Å². The van der Waals surface area contributed by atoms with Crippen LogP contribution in [0.1, 0.15) is 58.3 Å². The molecule has 5 nitrogen and oxygen atoms in total. The van der Waals surface area contributed by atoms with Gasteiger partial charge in [0.25, 0.3) is 0 Å². The van der Waals surface area contributed by atoms with E-state index in [2.05, 4.69) is 12.2 Å². The molecule has 0 aromatic rings. The van der Waals surface area contributed by atoms with E-state index in [1.165, 1.54) is 12.8 Å². The van der Waals surface area contributed by atoms with Crippen molar-refractivity contribution < 1.29 is 14.7 Å². The summed E-state index contributed by atoms with van der Waals surface area (Å²) in [4.78, 5) is 26.4. The van der Waals surface area contributed by atoms with Gasteiger partial charge >= 0.3 is 0 Å². The maximum absolute atomic E-state index is 12.3. The molecule has 2 amide bonds. The van der Waals surface area contributed by atoms with Crippen molar-refractivity contribution in [3.63, 3.8) is 0 Å². The molecule has 5 heteroatoms. The number of rotatable bonds is 4. The highest BCUT2D eigenvalue weighted by Gasteiger charge is 2.40. The summed E-state index contributed by atoms with van der Waals surface area (Å²) in [6.45, 7) is 3.16. The van der Waals surface area contributed by atoms with Gasteiger partial charge in [0.05, 0.1) is 11.5 Å². The van der Waals surface area contributed by atoms with E-state index in [4.69, 9.17) is 0 Å². The van der Waals surface area contributed by atoms with Crippen LogP contribution >= 0.6 is 0 Å². The lowest BCUT2D eigenvalue weighted by Crippen LogP contribution is -2.49. The standard InChI is InChI=1S/C17H28N2O3/c1-12-3-5-14(6-4-12)19-10-13(9-15(19)20)16(21)18-11-17(22)7-2-8-17/h12-14,22H,2-11H2,1H3,(H,18,21). The van der Waals surface area contributed by atoms with Gasteiger partial charge in [-0.1, -0.05) is 6.92 Å². The molecule has 0 bridgehead atoms. The van der Waals surface area contributed by atoms with Crippen molar-refractivity contribution in [3.8, 4) is 0 Å². The van der Waals surface area contributed by atoms with E-state index in [0.717, 1.165) is 38.0 Å². The zero-order valence-electron chi connectivity index (χ0n) is 13.5. The smallest absolute Gasteiger partial charge is 0.225 e. The van der Waals surface area contributed by atoms with E-state index >= 15 is 0 Å². The van der Waals surface area contributed by atoms with Gasteiger partial charge in [-0.05, 0) is 50.9 Å². The number of nitrogens with zero attached hydrogens (tertiary/aromatic N) is 1. The van der Waals surface area contributed by atoms with Gasteiger partial charge in [0.1, 0.15) is 0 Å². The quantitative estimate of drug-likeness (QED) is 0.826. The Kier molecular flexibility index (Phi) is 4.44. The third-order valence-electron chi connectivity index (χ3n) is 5.83. The fraction of sp³-hybridized carbons (Fsp3) is 0.882. The van der Waals surface area contributed by atoms with Crippen LogP contribution in [0.25, 0.3) is 0 Å². The van der Waals surface area contributed by atoms with Crippen molar-refractivity contribution in [1.82, 2.24) is 10.2 Å². The molecule has 2 aliphatic carbocycles. The molecule has 1 saturated heterocycles. The van der Waals surface area contributed by atoms with Gasteiger partial charge in [0, 0.05) is 25.6 Å². The number of nitrogens with one attached hydrogen (secondary N) is 1. The van der Waals surface area contributed by atoms with Gasteiger partial charge in [-0.25, -0.2) is 0 Å². The van der Waals surface area contributed by atoms with Crippen LogP contribution in [0.3, 0.4) is 0 Å². The van der Waals surface area contributed by atoms with Crippen molar-refractivity contribution in [2.75, 3.05) is 13.1 Å². The molecule has 0 spiro atoms. The number of carbonyl (C=O) groups excluding carboxylic acids is 2. The number of hydrogen-bond donors (Lipinski definition) is 2. The van der Waals surface area contributed by atoms with Crippen molar-refractivity contribution in [2.45, 2.75) is 69.9 Å². The van der Waals surface area contributed by atoms with E-state index in [0.29, 0.717) is 25.6 Å². The molecule has 22 heavy (non-hydrogen) atoms. The fourth-order valence-electron chi connectivity index (χ4n) is 3.97. The summed E-state index contributed by atoms with van der Waals surface area (Å²) in [5, 5.41) is 12.9. The average molecular weight is 308 g/mol. The third kappa shape index (κ3) is 3.29. The van der Waals surface area contributed by atoms with E-state index < -0.39 is 5.60 Å². The first-order valence-electron chi connectivity index (χ1n) is 8.76. The summed E-state index contributed by atoms with van der Waals surface area (Å²) in [5.41, 5.74) is -0.697. The average Bonchev–Trinajstić information content (AvgIpc) is 2.86. The van der Waals surface area contributed by atoms with Crippen LogP contribution < -0.4 is 5.32 Å². The lowest BCUT2D eigenvalue weighted by Gasteiger charge is -2.36. The number of aliphatic hydroxyl groups is 1. The molecule has 3 aliphatic rings. The molecule has 2 N–H and O–H groups in total. The Morgan fingerprint density at radius 3 is 2.59 bits per heavy atom. The first kappa shape index (κ1) is 15.8. The Bertz CT molecular complexity index is 439. The molecule has 3 fully saturated rings. The zero-order valence-corrected chi connectivity index (χ0v) is 13.5. The summed E-state index contributed by atoms with van der Waals surface area (Å²) in [5.74, 6) is 0.578. The molecular formula is C17H28N2O3.